The number of amidine groups is 1. The minimum Gasteiger partial charge on any atom is -0.322 e. The number of halogens is 6. The zero-order chi connectivity index (χ0) is 13.5. The van der Waals surface area contributed by atoms with Crippen LogP contribution in [0.15, 0.2) is 10.2 Å². The van der Waals surface area contributed by atoms with E-state index >= 15 is 0 Å². The first-order valence-electron chi connectivity index (χ1n) is 4.24. The van der Waals surface area contributed by atoms with E-state index in [2.05, 4.69) is 22.8 Å². The zero-order valence-electron chi connectivity index (χ0n) is 8.31. The Morgan fingerprint density at radius 3 is 2.06 bits per heavy atom. The summed E-state index contributed by atoms with van der Waals surface area (Å²) in [5.41, 5.74) is 0. The van der Waals surface area contributed by atoms with Crippen molar-refractivity contribution in [1.82, 2.24) is 5.01 Å². The molecule has 2 N–H and O–H groups in total. The number of hydrogen-bond acceptors (Lipinski definition) is 3. The molecule has 1 aliphatic heterocycles. The Morgan fingerprint density at radius 2 is 1.65 bits per heavy atom. The fourth-order valence-corrected chi connectivity index (χ4v) is 1.35. The Morgan fingerprint density at radius 1 is 1.12 bits per heavy atom. The number of hydrogen-bond donors (Lipinski definition) is 1. The molecule has 0 spiro atoms. The molecule has 1 saturated heterocycles. The van der Waals surface area contributed by atoms with Gasteiger partial charge in [0.05, 0.1) is 6.42 Å². The molecule has 1 rings (SSSR count). The van der Waals surface area contributed by atoms with Crippen LogP contribution in [-0.2, 0) is 0 Å². The number of hydrazone groups is 2. The summed E-state index contributed by atoms with van der Waals surface area (Å²) in [5.74, 6) is -6.13. The Bertz CT molecular complexity index is 352. The highest BCUT2D eigenvalue weighted by molar-refractivity contribution is 5.83. The summed E-state index contributed by atoms with van der Waals surface area (Å²) in [7, 11) is 0. The van der Waals surface area contributed by atoms with Gasteiger partial charge in [-0.15, -0.1) is 0 Å². The van der Waals surface area contributed by atoms with Crippen molar-refractivity contribution in [2.24, 2.45) is 16.0 Å². The number of alkyl halides is 6. The van der Waals surface area contributed by atoms with Gasteiger partial charge >= 0.3 is 17.9 Å². The van der Waals surface area contributed by atoms with Gasteiger partial charge in [-0.2, -0.15) is 41.6 Å². The van der Waals surface area contributed by atoms with E-state index in [1.54, 1.807) is 0 Å². The summed E-state index contributed by atoms with van der Waals surface area (Å²) < 4.78 is 78.4. The summed E-state index contributed by atoms with van der Waals surface area (Å²) in [6, 6.07) is -4.34. The molecule has 0 aromatic heterocycles. The maximum absolute atomic E-state index is 13.2. The highest BCUT2D eigenvalue weighted by atomic mass is 19.3. The van der Waals surface area contributed by atoms with Crippen molar-refractivity contribution in [2.45, 2.75) is 30.7 Å². The molecule has 98 valence electrons. The molecule has 4 nitrogen and oxygen atoms in total. The summed E-state index contributed by atoms with van der Waals surface area (Å²) in [5, 5.41) is 4.92. The summed E-state index contributed by atoms with van der Waals surface area (Å²) in [6.07, 6.45) is -4.14. The van der Waals surface area contributed by atoms with Crippen LogP contribution >= 0.6 is 0 Å². The third kappa shape index (κ3) is 2.15. The smallest absolute Gasteiger partial charge is 0.322 e. The molecule has 0 aromatic carbocycles. The highest BCUT2D eigenvalue weighted by Gasteiger charge is 2.66. The van der Waals surface area contributed by atoms with E-state index in [1.807, 2.05) is 0 Å². The topological polar surface area (TPSA) is 54.0 Å². The van der Waals surface area contributed by atoms with Gasteiger partial charge in [-0.1, -0.05) is 0 Å². The second-order valence-corrected chi connectivity index (χ2v) is 3.43. The van der Waals surface area contributed by atoms with Crippen molar-refractivity contribution in [3.05, 3.63) is 0 Å². The summed E-state index contributed by atoms with van der Waals surface area (Å²) >= 11 is 0. The molecule has 0 saturated carbocycles. The third-order valence-corrected chi connectivity index (χ3v) is 2.19. The van der Waals surface area contributed by atoms with E-state index in [9.17, 15) is 26.3 Å². The van der Waals surface area contributed by atoms with Crippen LogP contribution in [0.1, 0.15) is 12.8 Å². The molecule has 1 aliphatic rings. The van der Waals surface area contributed by atoms with Crippen LogP contribution in [0.2, 0.25) is 0 Å². The molecule has 10 heteroatoms. The third-order valence-electron chi connectivity index (χ3n) is 2.19. The van der Waals surface area contributed by atoms with Gasteiger partial charge in [0.25, 0.3) is 0 Å². The molecule has 0 radical (unpaired) electrons. The Labute approximate surface area is 91.7 Å². The first-order valence-corrected chi connectivity index (χ1v) is 4.24. The van der Waals surface area contributed by atoms with Gasteiger partial charge in [0, 0.05) is 6.72 Å². The van der Waals surface area contributed by atoms with Gasteiger partial charge in [0.15, 0.2) is 5.84 Å². The Kier molecular flexibility index (Phi) is 3.02. The van der Waals surface area contributed by atoms with Gasteiger partial charge in [-0.05, 0) is 0 Å². The number of nitrogens with two attached hydrogens (primary N) is 1. The minimum atomic E-state index is -4.90. The van der Waals surface area contributed by atoms with Crippen LogP contribution in [0.5, 0.6) is 0 Å². The molecule has 0 unspecified atom stereocenters. The van der Waals surface area contributed by atoms with Crippen LogP contribution < -0.4 is 5.84 Å². The van der Waals surface area contributed by atoms with Gasteiger partial charge in [-0.25, -0.2) is 0 Å². The van der Waals surface area contributed by atoms with Crippen molar-refractivity contribution in [3.63, 3.8) is 0 Å². The van der Waals surface area contributed by atoms with E-state index in [1.165, 1.54) is 0 Å². The molecular weight excluding hydrogens is 254 g/mol. The van der Waals surface area contributed by atoms with Crippen molar-refractivity contribution >= 4 is 12.6 Å². The van der Waals surface area contributed by atoms with Crippen molar-refractivity contribution in [1.29, 1.82) is 0 Å². The fraction of sp³-hybridized carbons (Fsp3) is 0.714. The average Bonchev–Trinajstić information content (AvgIpc) is 2.18. The maximum atomic E-state index is 13.2. The minimum absolute atomic E-state index is 0.415. The molecule has 1 heterocycles. The lowest BCUT2D eigenvalue weighted by atomic mass is 10.1. The van der Waals surface area contributed by atoms with E-state index in [0.717, 1.165) is 0 Å². The van der Waals surface area contributed by atoms with Crippen LogP contribution in [0, 0.1) is 0 Å². The zero-order valence-corrected chi connectivity index (χ0v) is 8.31. The largest absolute Gasteiger partial charge is 0.351 e. The molecule has 0 amide bonds. The second kappa shape index (κ2) is 3.77. The SMILES string of the molecule is C=NN1/C(=N\N)CC(F)(F)C(F)(F)CC1(F)F. The highest BCUT2D eigenvalue weighted by Crippen LogP contribution is 2.48. The lowest BCUT2D eigenvalue weighted by Crippen LogP contribution is -2.44. The monoisotopic (exact) mass is 262 g/mol. The normalized spacial score (nSPS) is 28.8. The number of rotatable bonds is 1. The Hall–Kier alpha value is -1.48. The van der Waals surface area contributed by atoms with Gasteiger partial charge < -0.3 is 5.84 Å². The predicted molar refractivity (Wildman–Crippen MR) is 47.1 cm³/mol. The van der Waals surface area contributed by atoms with E-state index in [0.29, 0.717) is 0 Å². The average molecular weight is 262 g/mol. The number of nitrogens with zero attached hydrogens (tertiary/aromatic N) is 3. The van der Waals surface area contributed by atoms with Gasteiger partial charge in [0.1, 0.15) is 6.42 Å². The molecule has 17 heavy (non-hydrogen) atoms. The maximum Gasteiger partial charge on any atom is 0.351 e. The van der Waals surface area contributed by atoms with Crippen LogP contribution in [0.4, 0.5) is 26.3 Å². The molecular formula is C7H8F6N4. The van der Waals surface area contributed by atoms with Crippen LogP contribution in [0.3, 0.4) is 0 Å². The van der Waals surface area contributed by atoms with Crippen molar-refractivity contribution in [2.75, 3.05) is 0 Å². The van der Waals surface area contributed by atoms with Crippen molar-refractivity contribution < 1.29 is 26.3 Å². The van der Waals surface area contributed by atoms with Crippen LogP contribution in [-0.4, -0.2) is 35.5 Å². The molecule has 0 aliphatic carbocycles. The summed E-state index contributed by atoms with van der Waals surface area (Å²) in [4.78, 5) is 0. The van der Waals surface area contributed by atoms with E-state index in [4.69, 9.17) is 0 Å². The van der Waals surface area contributed by atoms with Gasteiger partial charge in [0.2, 0.25) is 0 Å². The Balaban J connectivity index is 3.31. The standard InChI is InChI=1S/C7H8F6N4/c1-15-17-4(16-14)2-5(8,9)6(10,11)3-7(17,12)13/h1-3,14H2/b16-4-. The predicted octanol–water partition coefficient (Wildman–Crippen LogP) is 1.83. The second-order valence-electron chi connectivity index (χ2n) is 3.43. The van der Waals surface area contributed by atoms with Gasteiger partial charge in [-0.3, -0.25) is 0 Å². The lowest BCUT2D eigenvalue weighted by molar-refractivity contribution is -0.242. The van der Waals surface area contributed by atoms with Crippen LogP contribution in [0.25, 0.3) is 0 Å². The van der Waals surface area contributed by atoms with Crippen molar-refractivity contribution in [3.8, 4) is 0 Å². The molecule has 0 aromatic rings. The molecule has 0 atom stereocenters. The quantitative estimate of drug-likeness (QED) is 0.258. The summed E-state index contributed by atoms with van der Waals surface area (Å²) in [6.45, 7) is 2.69. The van der Waals surface area contributed by atoms with E-state index in [-0.39, 0.29) is 0 Å². The molecule has 0 bridgehead atoms. The first-order chi connectivity index (χ1) is 7.57. The first kappa shape index (κ1) is 13.6. The van der Waals surface area contributed by atoms with E-state index < -0.39 is 41.6 Å². The fourth-order valence-electron chi connectivity index (χ4n) is 1.35. The molecule has 1 fully saturated rings. The lowest BCUT2D eigenvalue weighted by Gasteiger charge is -2.27.